The van der Waals surface area contributed by atoms with Gasteiger partial charge < -0.3 is 9.88 Å². The maximum atomic E-state index is 12.8. The number of carbonyl (C=O) groups excluding carboxylic acids is 1. The smallest absolute Gasteiger partial charge is 0.259 e. The molecule has 1 atom stereocenters. The van der Waals surface area contributed by atoms with Crippen LogP contribution in [0.5, 0.6) is 0 Å². The Bertz CT molecular complexity index is 961. The lowest BCUT2D eigenvalue weighted by Gasteiger charge is -2.33. The molecule has 1 aliphatic heterocycles. The summed E-state index contributed by atoms with van der Waals surface area (Å²) in [5, 5.41) is 0.789. The first-order chi connectivity index (χ1) is 13.7. The zero-order chi connectivity index (χ0) is 20.8. The number of amides is 1. The molecule has 29 heavy (non-hydrogen) atoms. The molecule has 0 saturated carbocycles. The lowest BCUT2D eigenvalue weighted by Crippen LogP contribution is -2.38. The van der Waals surface area contributed by atoms with Gasteiger partial charge in [0.05, 0.1) is 5.39 Å². The van der Waals surface area contributed by atoms with E-state index in [2.05, 4.69) is 32.7 Å². The number of fused-ring (bicyclic) bond motifs is 3. The summed E-state index contributed by atoms with van der Waals surface area (Å²) < 4.78 is 0. The number of hydrogen-bond acceptors (Lipinski definition) is 4. The summed E-state index contributed by atoms with van der Waals surface area (Å²) in [5.74, 6) is 2.18. The van der Waals surface area contributed by atoms with Gasteiger partial charge in [-0.1, -0.05) is 27.7 Å². The van der Waals surface area contributed by atoms with Crippen molar-refractivity contribution < 1.29 is 4.79 Å². The molecule has 5 nitrogen and oxygen atoms in total. The highest BCUT2D eigenvalue weighted by Gasteiger charge is 2.31. The Morgan fingerprint density at radius 3 is 2.66 bits per heavy atom. The summed E-state index contributed by atoms with van der Waals surface area (Å²) in [4.78, 5) is 37.2. The third kappa shape index (κ3) is 4.27. The van der Waals surface area contributed by atoms with Gasteiger partial charge in [0.15, 0.2) is 0 Å². The van der Waals surface area contributed by atoms with E-state index in [1.165, 1.54) is 10.4 Å². The summed E-state index contributed by atoms with van der Waals surface area (Å²) in [6, 6.07) is 0. The molecule has 4 rings (SSSR count). The zero-order valence-corrected chi connectivity index (χ0v) is 19.0. The molecule has 0 radical (unpaired) electrons. The van der Waals surface area contributed by atoms with E-state index in [1.54, 1.807) is 11.3 Å². The highest BCUT2D eigenvalue weighted by Crippen LogP contribution is 2.42. The van der Waals surface area contributed by atoms with Crippen LogP contribution in [0.25, 0.3) is 10.2 Å². The molecule has 2 aromatic heterocycles. The molecule has 1 fully saturated rings. The Labute approximate surface area is 176 Å². The maximum Gasteiger partial charge on any atom is 0.259 e. The predicted octanol–water partition coefficient (Wildman–Crippen LogP) is 4.33. The number of thiophene rings is 1. The van der Waals surface area contributed by atoms with Gasteiger partial charge in [0, 0.05) is 30.8 Å². The fourth-order valence-corrected chi connectivity index (χ4v) is 6.05. The number of piperidine rings is 1. The zero-order valence-electron chi connectivity index (χ0n) is 18.1. The van der Waals surface area contributed by atoms with Crippen LogP contribution in [-0.4, -0.2) is 33.9 Å². The first-order valence-electron chi connectivity index (χ1n) is 11.0. The number of aryl methyl sites for hydroxylation is 2. The average Bonchev–Trinajstić information content (AvgIpc) is 3.04. The van der Waals surface area contributed by atoms with Crippen LogP contribution in [-0.2, 0) is 24.1 Å². The molecule has 0 bridgehead atoms. The van der Waals surface area contributed by atoms with E-state index in [1.807, 2.05) is 4.90 Å². The lowest BCUT2D eigenvalue weighted by molar-refractivity contribution is -0.132. The van der Waals surface area contributed by atoms with Crippen molar-refractivity contribution in [2.75, 3.05) is 13.1 Å². The Balaban J connectivity index is 1.50. The summed E-state index contributed by atoms with van der Waals surface area (Å²) in [6.45, 7) is 10.9. The molecule has 1 amide bonds. The number of likely N-dealkylation sites (tertiary alicyclic amines) is 1. The standard InChI is InChI=1S/C23H33N3O2S/c1-14-9-11-26(12-10-14)19(27)8-7-18-24-21(28)20-16-6-5-15(23(2,3)4)13-17(16)29-22(20)25-18/h14-15H,5-13H2,1-4H3,(H,24,25,28)/t15-/m1/s1. The minimum atomic E-state index is -0.0315. The van der Waals surface area contributed by atoms with Crippen LogP contribution >= 0.6 is 11.3 Å². The molecule has 0 unspecified atom stereocenters. The van der Waals surface area contributed by atoms with Gasteiger partial charge in [-0.2, -0.15) is 0 Å². The van der Waals surface area contributed by atoms with Crippen LogP contribution in [0.3, 0.4) is 0 Å². The van der Waals surface area contributed by atoms with Crippen LogP contribution in [0.2, 0.25) is 0 Å². The number of nitrogens with zero attached hydrogens (tertiary/aromatic N) is 2. The van der Waals surface area contributed by atoms with E-state index >= 15 is 0 Å². The topological polar surface area (TPSA) is 66.1 Å². The van der Waals surface area contributed by atoms with E-state index in [0.29, 0.717) is 30.5 Å². The van der Waals surface area contributed by atoms with Gasteiger partial charge in [-0.3, -0.25) is 9.59 Å². The van der Waals surface area contributed by atoms with E-state index in [0.717, 1.165) is 55.4 Å². The second kappa shape index (κ2) is 7.86. The fourth-order valence-electron chi connectivity index (χ4n) is 4.73. The fraction of sp³-hybridized carbons (Fsp3) is 0.696. The average molecular weight is 416 g/mol. The molecule has 2 aliphatic rings. The van der Waals surface area contributed by atoms with Crippen LogP contribution in [0, 0.1) is 17.3 Å². The quantitative estimate of drug-likeness (QED) is 0.811. The first kappa shape index (κ1) is 20.6. The van der Waals surface area contributed by atoms with Gasteiger partial charge in [-0.25, -0.2) is 4.98 Å². The maximum absolute atomic E-state index is 12.8. The Hall–Kier alpha value is -1.69. The molecular weight excluding hydrogens is 382 g/mol. The molecule has 2 aromatic rings. The number of hydrogen-bond donors (Lipinski definition) is 1. The summed E-state index contributed by atoms with van der Waals surface area (Å²) in [6.07, 6.45) is 6.23. The van der Waals surface area contributed by atoms with Crippen molar-refractivity contribution in [3.8, 4) is 0 Å². The minimum absolute atomic E-state index is 0.0315. The molecule has 0 aromatic carbocycles. The Morgan fingerprint density at radius 1 is 1.24 bits per heavy atom. The van der Waals surface area contributed by atoms with Crippen LogP contribution in [0.4, 0.5) is 0 Å². The van der Waals surface area contributed by atoms with Crippen LogP contribution in [0.15, 0.2) is 4.79 Å². The summed E-state index contributed by atoms with van der Waals surface area (Å²) in [5.41, 5.74) is 1.46. The molecule has 1 N–H and O–H groups in total. The number of aromatic amines is 1. The van der Waals surface area contributed by atoms with Crippen molar-refractivity contribution in [3.63, 3.8) is 0 Å². The van der Waals surface area contributed by atoms with Gasteiger partial charge in [0.1, 0.15) is 10.7 Å². The number of carbonyl (C=O) groups is 1. The highest BCUT2D eigenvalue weighted by atomic mass is 32.1. The predicted molar refractivity (Wildman–Crippen MR) is 119 cm³/mol. The first-order valence-corrected chi connectivity index (χ1v) is 11.8. The second-order valence-electron chi connectivity index (χ2n) is 10.1. The van der Waals surface area contributed by atoms with Crippen molar-refractivity contribution in [1.82, 2.24) is 14.9 Å². The molecule has 158 valence electrons. The molecule has 1 aliphatic carbocycles. The number of nitrogens with one attached hydrogen (secondary N) is 1. The van der Waals surface area contributed by atoms with Crippen molar-refractivity contribution >= 4 is 27.5 Å². The Kier molecular flexibility index (Phi) is 5.58. The SMILES string of the molecule is CC1CCN(C(=O)CCc2nc3sc4c(c3c(=O)[nH]2)CC[C@@H](C(C)(C)C)C4)CC1. The number of H-pyrrole nitrogens is 1. The molecule has 1 saturated heterocycles. The van der Waals surface area contributed by atoms with Gasteiger partial charge in [0.25, 0.3) is 5.56 Å². The van der Waals surface area contributed by atoms with Gasteiger partial charge in [-0.15, -0.1) is 11.3 Å². The number of rotatable bonds is 3. The normalized spacial score (nSPS) is 20.8. The number of aromatic nitrogens is 2. The van der Waals surface area contributed by atoms with Crippen LogP contribution < -0.4 is 5.56 Å². The van der Waals surface area contributed by atoms with Crippen molar-refractivity contribution in [2.24, 2.45) is 17.3 Å². The molecule has 6 heteroatoms. The highest BCUT2D eigenvalue weighted by molar-refractivity contribution is 7.18. The van der Waals surface area contributed by atoms with Crippen molar-refractivity contribution in [2.45, 2.75) is 72.6 Å². The molecule has 0 spiro atoms. The molecular formula is C23H33N3O2S. The minimum Gasteiger partial charge on any atom is -0.343 e. The van der Waals surface area contributed by atoms with Gasteiger partial charge >= 0.3 is 0 Å². The van der Waals surface area contributed by atoms with Crippen LogP contribution in [0.1, 0.15) is 69.6 Å². The monoisotopic (exact) mass is 415 g/mol. The molecule has 3 heterocycles. The second-order valence-corrected chi connectivity index (χ2v) is 11.1. The lowest BCUT2D eigenvalue weighted by atomic mass is 9.72. The van der Waals surface area contributed by atoms with E-state index in [-0.39, 0.29) is 16.9 Å². The summed E-state index contributed by atoms with van der Waals surface area (Å²) in [7, 11) is 0. The van der Waals surface area contributed by atoms with Gasteiger partial charge in [-0.05, 0) is 54.9 Å². The van der Waals surface area contributed by atoms with E-state index < -0.39 is 0 Å². The third-order valence-corrected chi connectivity index (χ3v) is 8.05. The third-order valence-electron chi connectivity index (χ3n) is 6.90. The van der Waals surface area contributed by atoms with E-state index in [9.17, 15) is 9.59 Å². The Morgan fingerprint density at radius 2 is 1.97 bits per heavy atom. The van der Waals surface area contributed by atoms with Gasteiger partial charge in [0.2, 0.25) is 5.91 Å². The van der Waals surface area contributed by atoms with Crippen molar-refractivity contribution in [1.29, 1.82) is 0 Å². The summed E-state index contributed by atoms with van der Waals surface area (Å²) >= 11 is 1.68. The van der Waals surface area contributed by atoms with Crippen molar-refractivity contribution in [3.05, 3.63) is 26.6 Å². The largest absolute Gasteiger partial charge is 0.343 e. The van der Waals surface area contributed by atoms with E-state index in [4.69, 9.17) is 4.98 Å².